The van der Waals surface area contributed by atoms with Crippen LogP contribution >= 0.6 is 35.6 Å². The van der Waals surface area contributed by atoms with Crippen molar-refractivity contribution < 1.29 is 9.90 Å². The Kier molecular flexibility index (Phi) is 6.76. The number of hydrogen-bond acceptors (Lipinski definition) is 2. The van der Waals surface area contributed by atoms with Gasteiger partial charge in [-0.05, 0) is 18.1 Å². The van der Waals surface area contributed by atoms with E-state index in [1.54, 1.807) is 18.2 Å². The predicted octanol–water partition coefficient (Wildman–Crippen LogP) is 2.62. The molecular formula is C10H12Cl3NO2. The van der Waals surface area contributed by atoms with Crippen LogP contribution in [0.25, 0.3) is 0 Å². The molecule has 0 aliphatic heterocycles. The number of rotatable bonds is 4. The van der Waals surface area contributed by atoms with Gasteiger partial charge >= 0.3 is 5.97 Å². The fraction of sp³-hybridized carbons (Fsp3) is 0.300. The Balaban J connectivity index is 0.00000225. The summed E-state index contributed by atoms with van der Waals surface area (Å²) in [6, 6.07) is 5.14. The molecule has 0 heterocycles. The van der Waals surface area contributed by atoms with Gasteiger partial charge in [0.1, 0.15) is 0 Å². The first kappa shape index (κ1) is 15.5. The SMILES string of the molecule is Cl.NC[C@@H](Cc1cccc(Cl)c1Cl)C(=O)O. The molecule has 0 saturated heterocycles. The van der Waals surface area contributed by atoms with Crippen molar-refractivity contribution in [2.24, 2.45) is 11.7 Å². The van der Waals surface area contributed by atoms with E-state index in [1.807, 2.05) is 0 Å². The number of aliphatic carboxylic acids is 1. The van der Waals surface area contributed by atoms with Crippen LogP contribution in [0.1, 0.15) is 5.56 Å². The molecule has 0 amide bonds. The van der Waals surface area contributed by atoms with Crippen LogP contribution in [0, 0.1) is 5.92 Å². The summed E-state index contributed by atoms with van der Waals surface area (Å²) in [5.41, 5.74) is 6.06. The van der Waals surface area contributed by atoms with Gasteiger partial charge in [-0.25, -0.2) is 0 Å². The predicted molar refractivity (Wildman–Crippen MR) is 67.6 cm³/mol. The highest BCUT2D eigenvalue weighted by Gasteiger charge is 2.17. The van der Waals surface area contributed by atoms with Crippen LogP contribution in [0.2, 0.25) is 10.0 Å². The molecule has 90 valence electrons. The van der Waals surface area contributed by atoms with Gasteiger partial charge in [0.25, 0.3) is 0 Å². The highest BCUT2D eigenvalue weighted by molar-refractivity contribution is 6.42. The molecule has 3 nitrogen and oxygen atoms in total. The van der Waals surface area contributed by atoms with Gasteiger partial charge in [0.05, 0.1) is 16.0 Å². The van der Waals surface area contributed by atoms with Gasteiger partial charge in [-0.3, -0.25) is 4.79 Å². The summed E-state index contributed by atoms with van der Waals surface area (Å²) in [6.45, 7) is 0.0815. The lowest BCUT2D eigenvalue weighted by atomic mass is 10.00. The third kappa shape index (κ3) is 3.83. The normalized spacial score (nSPS) is 11.7. The molecule has 0 aromatic heterocycles. The number of halogens is 3. The van der Waals surface area contributed by atoms with Crippen molar-refractivity contribution in [1.82, 2.24) is 0 Å². The molecule has 0 aliphatic rings. The zero-order chi connectivity index (χ0) is 11.4. The lowest BCUT2D eigenvalue weighted by Crippen LogP contribution is -2.25. The summed E-state index contributed by atoms with van der Waals surface area (Å²) in [4.78, 5) is 10.8. The lowest BCUT2D eigenvalue weighted by molar-refractivity contribution is -0.141. The number of nitrogens with two attached hydrogens (primary N) is 1. The Bertz CT molecular complexity index is 371. The van der Waals surface area contributed by atoms with Gasteiger partial charge in [-0.15, -0.1) is 12.4 Å². The fourth-order valence-electron chi connectivity index (χ4n) is 1.24. The molecular weight excluding hydrogens is 272 g/mol. The highest BCUT2D eigenvalue weighted by Crippen LogP contribution is 2.27. The molecule has 0 radical (unpaired) electrons. The van der Waals surface area contributed by atoms with Gasteiger partial charge in [0.2, 0.25) is 0 Å². The van der Waals surface area contributed by atoms with E-state index in [1.165, 1.54) is 0 Å². The smallest absolute Gasteiger partial charge is 0.308 e. The third-order valence-electron chi connectivity index (χ3n) is 2.13. The Morgan fingerprint density at radius 3 is 2.56 bits per heavy atom. The molecule has 1 aromatic rings. The van der Waals surface area contributed by atoms with Crippen molar-refractivity contribution in [2.45, 2.75) is 6.42 Å². The maximum absolute atomic E-state index is 10.8. The van der Waals surface area contributed by atoms with Crippen LogP contribution in [0.4, 0.5) is 0 Å². The van der Waals surface area contributed by atoms with Crippen LogP contribution in [0.15, 0.2) is 18.2 Å². The molecule has 0 aliphatic carbocycles. The number of carbonyl (C=O) groups is 1. The maximum atomic E-state index is 10.8. The largest absolute Gasteiger partial charge is 0.481 e. The van der Waals surface area contributed by atoms with Gasteiger partial charge in [0, 0.05) is 6.54 Å². The summed E-state index contributed by atoms with van der Waals surface area (Å²) in [5.74, 6) is -1.55. The quantitative estimate of drug-likeness (QED) is 0.893. The molecule has 6 heteroatoms. The van der Waals surface area contributed by atoms with Crippen LogP contribution in [-0.4, -0.2) is 17.6 Å². The van der Waals surface area contributed by atoms with Crippen molar-refractivity contribution in [3.05, 3.63) is 33.8 Å². The maximum Gasteiger partial charge on any atom is 0.308 e. The summed E-state index contributed by atoms with van der Waals surface area (Å²) in [6.07, 6.45) is 0.297. The second-order valence-corrected chi connectivity index (χ2v) is 3.97. The number of carboxylic acids is 1. The minimum atomic E-state index is -0.923. The van der Waals surface area contributed by atoms with Crippen LogP contribution in [0.3, 0.4) is 0 Å². The van der Waals surface area contributed by atoms with Crippen LogP contribution < -0.4 is 5.73 Å². The molecule has 16 heavy (non-hydrogen) atoms. The zero-order valence-corrected chi connectivity index (χ0v) is 10.6. The van der Waals surface area contributed by atoms with Crippen molar-refractivity contribution in [3.63, 3.8) is 0 Å². The number of benzene rings is 1. The van der Waals surface area contributed by atoms with Crippen LogP contribution in [-0.2, 0) is 11.2 Å². The Hall–Kier alpha value is -0.480. The molecule has 0 fully saturated rings. The molecule has 0 spiro atoms. The minimum Gasteiger partial charge on any atom is -0.481 e. The van der Waals surface area contributed by atoms with Gasteiger partial charge < -0.3 is 10.8 Å². The molecule has 1 atom stereocenters. The number of hydrogen-bond donors (Lipinski definition) is 2. The fourth-order valence-corrected chi connectivity index (χ4v) is 1.64. The summed E-state index contributed by atoms with van der Waals surface area (Å²) >= 11 is 11.7. The average molecular weight is 285 g/mol. The Morgan fingerprint density at radius 2 is 2.06 bits per heavy atom. The monoisotopic (exact) mass is 283 g/mol. The molecule has 1 rings (SSSR count). The van der Waals surface area contributed by atoms with Crippen molar-refractivity contribution in [1.29, 1.82) is 0 Å². The van der Waals surface area contributed by atoms with Gasteiger partial charge in [-0.1, -0.05) is 35.3 Å². The van der Waals surface area contributed by atoms with E-state index in [4.69, 9.17) is 34.0 Å². The van der Waals surface area contributed by atoms with Crippen molar-refractivity contribution >= 4 is 41.6 Å². The van der Waals surface area contributed by atoms with Crippen LogP contribution in [0.5, 0.6) is 0 Å². The summed E-state index contributed by atoms with van der Waals surface area (Å²) < 4.78 is 0. The average Bonchev–Trinajstić information content (AvgIpc) is 2.19. The first-order valence-corrected chi connectivity index (χ1v) is 5.17. The minimum absolute atomic E-state index is 0. The summed E-state index contributed by atoms with van der Waals surface area (Å²) in [5, 5.41) is 9.67. The molecule has 0 saturated carbocycles. The molecule has 0 bridgehead atoms. The zero-order valence-electron chi connectivity index (χ0n) is 8.32. The topological polar surface area (TPSA) is 63.3 Å². The van der Waals surface area contributed by atoms with E-state index < -0.39 is 11.9 Å². The van der Waals surface area contributed by atoms with Gasteiger partial charge in [-0.2, -0.15) is 0 Å². The highest BCUT2D eigenvalue weighted by atomic mass is 35.5. The Labute approximate surface area is 110 Å². The van der Waals surface area contributed by atoms with E-state index in [-0.39, 0.29) is 19.0 Å². The Morgan fingerprint density at radius 1 is 1.44 bits per heavy atom. The summed E-state index contributed by atoms with van der Waals surface area (Å²) in [7, 11) is 0. The van der Waals surface area contributed by atoms with E-state index >= 15 is 0 Å². The molecule has 3 N–H and O–H groups in total. The van der Waals surface area contributed by atoms with E-state index in [0.29, 0.717) is 22.0 Å². The van der Waals surface area contributed by atoms with Gasteiger partial charge in [0.15, 0.2) is 0 Å². The van der Waals surface area contributed by atoms with E-state index in [0.717, 1.165) is 0 Å². The first-order valence-electron chi connectivity index (χ1n) is 4.42. The lowest BCUT2D eigenvalue weighted by Gasteiger charge is -2.11. The van der Waals surface area contributed by atoms with Crippen molar-refractivity contribution in [2.75, 3.05) is 6.54 Å². The number of carboxylic acid groups (broad SMARTS) is 1. The molecule has 0 unspecified atom stereocenters. The first-order chi connectivity index (χ1) is 7.06. The second-order valence-electron chi connectivity index (χ2n) is 3.19. The third-order valence-corrected chi connectivity index (χ3v) is 2.99. The van der Waals surface area contributed by atoms with Crippen molar-refractivity contribution in [3.8, 4) is 0 Å². The standard InChI is InChI=1S/C10H11Cl2NO2.ClH/c11-8-3-1-2-6(9(8)12)4-7(5-13)10(14)15;/h1-3,7H,4-5,13H2,(H,14,15);1H/t7-;/m1./s1. The van der Waals surface area contributed by atoms with E-state index in [2.05, 4.69) is 0 Å². The second kappa shape index (κ2) is 6.97. The van der Waals surface area contributed by atoms with E-state index in [9.17, 15) is 4.79 Å². The molecule has 1 aromatic carbocycles.